The van der Waals surface area contributed by atoms with E-state index in [1.807, 2.05) is 27.7 Å². The Hall–Kier alpha value is -1.85. The smallest absolute Gasteiger partial charge is 0.240 e. The normalized spacial score (nSPS) is 13.8. The van der Waals surface area contributed by atoms with Crippen LogP contribution < -0.4 is 11.1 Å². The summed E-state index contributed by atoms with van der Waals surface area (Å²) in [5.41, 5.74) is 8.30. The molecule has 112 valence electrons. The maximum Gasteiger partial charge on any atom is 0.240 e. The van der Waals surface area contributed by atoms with E-state index < -0.39 is 11.9 Å². The minimum absolute atomic E-state index is 0.0332. The second-order valence-electron chi connectivity index (χ2n) is 5.25. The first-order valence-corrected chi connectivity index (χ1v) is 6.95. The lowest BCUT2D eigenvalue weighted by Gasteiger charge is -2.21. The Balaban J connectivity index is 2.54. The summed E-state index contributed by atoms with van der Waals surface area (Å²) in [6.07, 6.45) is 1.63. The number of carbonyl (C=O) groups is 2. The second-order valence-corrected chi connectivity index (χ2v) is 5.25. The van der Waals surface area contributed by atoms with Gasteiger partial charge in [0.15, 0.2) is 0 Å². The third kappa shape index (κ3) is 4.08. The number of H-pyrrole nitrogens is 1. The molecular weight excluding hydrogens is 256 g/mol. The summed E-state index contributed by atoms with van der Waals surface area (Å²) in [6, 6.07) is -0.602. The molecule has 0 aliphatic carbocycles. The summed E-state index contributed by atoms with van der Waals surface area (Å²) in [5.74, 6) is -0.625. The van der Waals surface area contributed by atoms with Crippen LogP contribution in [0.3, 0.4) is 0 Å². The number of hydrogen-bond donors (Lipinski definition) is 3. The van der Waals surface area contributed by atoms with E-state index in [4.69, 9.17) is 5.73 Å². The van der Waals surface area contributed by atoms with Crippen LogP contribution in [0.15, 0.2) is 0 Å². The first-order chi connectivity index (χ1) is 9.36. The minimum atomic E-state index is -0.602. The van der Waals surface area contributed by atoms with Gasteiger partial charge in [-0.3, -0.25) is 14.7 Å². The quantitative estimate of drug-likeness (QED) is 0.693. The molecule has 0 saturated carbocycles. The average Bonchev–Trinajstić information content (AvgIpc) is 2.72. The number of aromatic amines is 1. The molecule has 20 heavy (non-hydrogen) atoms. The molecule has 0 fully saturated rings. The summed E-state index contributed by atoms with van der Waals surface area (Å²) < 4.78 is 0. The number of hydrogen-bond acceptors (Lipinski definition) is 3. The zero-order valence-electron chi connectivity index (χ0n) is 12.6. The van der Waals surface area contributed by atoms with Gasteiger partial charge in [-0.05, 0) is 25.3 Å². The van der Waals surface area contributed by atoms with Crippen molar-refractivity contribution in [1.82, 2.24) is 15.5 Å². The van der Waals surface area contributed by atoms with Crippen molar-refractivity contribution in [3.8, 4) is 0 Å². The molecule has 0 aliphatic heterocycles. The molecule has 0 spiro atoms. The zero-order chi connectivity index (χ0) is 15.3. The van der Waals surface area contributed by atoms with Crippen molar-refractivity contribution >= 4 is 11.8 Å². The van der Waals surface area contributed by atoms with Crippen molar-refractivity contribution in [3.63, 3.8) is 0 Å². The Morgan fingerprint density at radius 3 is 2.50 bits per heavy atom. The van der Waals surface area contributed by atoms with Gasteiger partial charge < -0.3 is 11.1 Å². The summed E-state index contributed by atoms with van der Waals surface area (Å²) in [7, 11) is 0. The molecular formula is C14H24N4O2. The highest BCUT2D eigenvalue weighted by molar-refractivity contribution is 5.86. The van der Waals surface area contributed by atoms with Crippen molar-refractivity contribution < 1.29 is 9.59 Å². The molecule has 2 amide bonds. The van der Waals surface area contributed by atoms with Crippen LogP contribution in [0, 0.1) is 19.8 Å². The van der Waals surface area contributed by atoms with Gasteiger partial charge in [0.1, 0.15) is 6.04 Å². The number of amides is 2. The van der Waals surface area contributed by atoms with Crippen LogP contribution >= 0.6 is 0 Å². The topological polar surface area (TPSA) is 101 Å². The van der Waals surface area contributed by atoms with Gasteiger partial charge in [0, 0.05) is 18.5 Å². The monoisotopic (exact) mass is 280 g/mol. The van der Waals surface area contributed by atoms with E-state index >= 15 is 0 Å². The van der Waals surface area contributed by atoms with Crippen LogP contribution in [0.25, 0.3) is 0 Å². The molecule has 0 saturated heterocycles. The highest BCUT2D eigenvalue weighted by atomic mass is 16.2. The fourth-order valence-electron chi connectivity index (χ4n) is 1.99. The van der Waals surface area contributed by atoms with Crippen LogP contribution in [0.2, 0.25) is 0 Å². The zero-order valence-corrected chi connectivity index (χ0v) is 12.6. The summed E-state index contributed by atoms with van der Waals surface area (Å²) in [4.78, 5) is 23.3. The fraction of sp³-hybridized carbons (Fsp3) is 0.643. The number of nitrogens with one attached hydrogen (secondary N) is 2. The molecule has 1 rings (SSSR count). The molecule has 4 N–H and O–H groups in total. The van der Waals surface area contributed by atoms with Gasteiger partial charge in [0.25, 0.3) is 0 Å². The van der Waals surface area contributed by atoms with Crippen molar-refractivity contribution in [3.05, 3.63) is 17.0 Å². The molecule has 1 aromatic heterocycles. The Kier molecular flexibility index (Phi) is 5.73. The number of primary amides is 1. The molecule has 0 bridgehead atoms. The number of nitrogens with two attached hydrogens (primary N) is 1. The third-order valence-electron chi connectivity index (χ3n) is 3.78. The molecule has 0 aromatic carbocycles. The van der Waals surface area contributed by atoms with Crippen molar-refractivity contribution in [2.24, 2.45) is 11.7 Å². The van der Waals surface area contributed by atoms with Crippen LogP contribution in [-0.4, -0.2) is 28.1 Å². The van der Waals surface area contributed by atoms with Crippen molar-refractivity contribution in [1.29, 1.82) is 0 Å². The molecule has 0 aliphatic rings. The second kappa shape index (κ2) is 7.07. The van der Waals surface area contributed by atoms with Gasteiger partial charge in [0.05, 0.1) is 5.69 Å². The van der Waals surface area contributed by atoms with Crippen molar-refractivity contribution in [2.75, 3.05) is 0 Å². The number of aromatic nitrogens is 2. The Morgan fingerprint density at radius 2 is 2.05 bits per heavy atom. The van der Waals surface area contributed by atoms with Crippen LogP contribution in [0.4, 0.5) is 0 Å². The maximum atomic E-state index is 11.9. The lowest BCUT2D eigenvalue weighted by atomic mass is 9.98. The van der Waals surface area contributed by atoms with Gasteiger partial charge in [-0.25, -0.2) is 0 Å². The third-order valence-corrected chi connectivity index (χ3v) is 3.78. The van der Waals surface area contributed by atoms with E-state index in [0.717, 1.165) is 23.4 Å². The Morgan fingerprint density at radius 1 is 1.40 bits per heavy atom. The number of nitrogens with zero attached hydrogens (tertiary/aromatic N) is 1. The van der Waals surface area contributed by atoms with E-state index in [1.54, 1.807) is 0 Å². The van der Waals surface area contributed by atoms with E-state index in [0.29, 0.717) is 12.8 Å². The number of carbonyl (C=O) groups excluding carboxylic acids is 2. The summed E-state index contributed by atoms with van der Waals surface area (Å²) in [6.45, 7) is 7.77. The molecule has 1 heterocycles. The Bertz CT molecular complexity index is 482. The average molecular weight is 280 g/mol. The summed E-state index contributed by atoms with van der Waals surface area (Å²) in [5, 5.41) is 9.76. The van der Waals surface area contributed by atoms with Crippen molar-refractivity contribution in [2.45, 2.75) is 53.0 Å². The highest BCUT2D eigenvalue weighted by Gasteiger charge is 2.23. The van der Waals surface area contributed by atoms with Gasteiger partial charge in [0.2, 0.25) is 11.8 Å². The molecule has 2 atom stereocenters. The fourth-order valence-corrected chi connectivity index (χ4v) is 1.99. The van der Waals surface area contributed by atoms with Gasteiger partial charge in [-0.1, -0.05) is 20.3 Å². The lowest BCUT2D eigenvalue weighted by molar-refractivity contribution is -0.128. The van der Waals surface area contributed by atoms with Gasteiger partial charge in [-0.2, -0.15) is 5.10 Å². The van der Waals surface area contributed by atoms with E-state index in [2.05, 4.69) is 15.5 Å². The van der Waals surface area contributed by atoms with Gasteiger partial charge in [-0.15, -0.1) is 0 Å². The summed E-state index contributed by atoms with van der Waals surface area (Å²) >= 11 is 0. The first-order valence-electron chi connectivity index (χ1n) is 6.95. The number of aryl methyl sites for hydroxylation is 2. The van der Waals surface area contributed by atoms with E-state index in [1.165, 1.54) is 0 Å². The van der Waals surface area contributed by atoms with Gasteiger partial charge >= 0.3 is 0 Å². The molecule has 0 radical (unpaired) electrons. The SMILES string of the molecule is CC[C@H](C)[C@H](NC(=O)CCc1n[nH]c(C)c1C)C(N)=O. The minimum Gasteiger partial charge on any atom is -0.368 e. The predicted molar refractivity (Wildman–Crippen MR) is 77.0 cm³/mol. The standard InChI is InChI=1S/C14H24N4O2/c1-5-8(2)13(14(15)20)16-12(19)7-6-11-9(3)10(4)17-18-11/h8,13H,5-7H2,1-4H3,(H2,15,20)(H,16,19)(H,17,18)/t8-,13-/m0/s1. The number of rotatable bonds is 7. The Labute approximate surface area is 119 Å². The van der Waals surface area contributed by atoms with Crippen LogP contribution in [-0.2, 0) is 16.0 Å². The van der Waals surface area contributed by atoms with Crippen LogP contribution in [0.1, 0.15) is 43.6 Å². The molecule has 6 heteroatoms. The maximum absolute atomic E-state index is 11.9. The molecule has 6 nitrogen and oxygen atoms in total. The van der Waals surface area contributed by atoms with E-state index in [9.17, 15) is 9.59 Å². The lowest BCUT2D eigenvalue weighted by Crippen LogP contribution is -2.48. The highest BCUT2D eigenvalue weighted by Crippen LogP contribution is 2.11. The van der Waals surface area contributed by atoms with E-state index in [-0.39, 0.29) is 11.8 Å². The predicted octanol–water partition coefficient (Wildman–Crippen LogP) is 0.975. The first kappa shape index (κ1) is 16.2. The van der Waals surface area contributed by atoms with Crippen LogP contribution in [0.5, 0.6) is 0 Å². The molecule has 0 unspecified atom stereocenters. The largest absolute Gasteiger partial charge is 0.368 e. The molecule has 1 aromatic rings.